The van der Waals surface area contributed by atoms with Crippen molar-refractivity contribution < 1.29 is 17.9 Å². The van der Waals surface area contributed by atoms with Crippen LogP contribution in [0.3, 0.4) is 0 Å². The molecule has 13 heteroatoms. The molecule has 0 N–H and O–H groups in total. The molecule has 0 spiro atoms. The molecule has 11 nitrogen and oxygen atoms in total. The normalized spacial score (nSPS) is 16.7. The van der Waals surface area contributed by atoms with Gasteiger partial charge in [0.15, 0.2) is 21.5 Å². The maximum absolute atomic E-state index is 13.8. The largest absolute Gasteiger partial charge is 0.475 e. The predicted octanol–water partition coefficient (Wildman–Crippen LogP) is 3.63. The van der Waals surface area contributed by atoms with Crippen LogP contribution < -0.4 is 4.74 Å². The van der Waals surface area contributed by atoms with E-state index in [0.717, 1.165) is 5.56 Å². The summed E-state index contributed by atoms with van der Waals surface area (Å²) in [5.41, 5.74) is 1.45. The third-order valence-electron chi connectivity index (χ3n) is 6.17. The van der Waals surface area contributed by atoms with E-state index in [9.17, 15) is 8.42 Å². The van der Waals surface area contributed by atoms with Crippen molar-refractivity contribution in [1.29, 1.82) is 0 Å². The van der Waals surface area contributed by atoms with Crippen LogP contribution in [0.1, 0.15) is 50.1 Å². The van der Waals surface area contributed by atoms with Gasteiger partial charge in [0.25, 0.3) is 0 Å². The quantitative estimate of drug-likeness (QED) is 0.317. The Bertz CT molecular complexity index is 1510. The summed E-state index contributed by atoms with van der Waals surface area (Å²) in [5.74, 6) is 0.982. The second kappa shape index (κ2) is 10.7. The number of pyridine rings is 2. The summed E-state index contributed by atoms with van der Waals surface area (Å²) in [6, 6.07) is 6.88. The molecular weight excluding hydrogens is 530 g/mol. The molecule has 1 aliphatic heterocycles. The SMILES string of the molecule is CC(C)O[C@@H](c1ncc(Cl)cn1)[C@H](C)S(=O)(=O)Cc1nnc2n1[C@@H](c1cccnc1)COc1ncccc1-2. The molecule has 0 saturated heterocycles. The number of fused-ring (bicyclic) bond motifs is 3. The third-order valence-corrected chi connectivity index (χ3v) is 8.41. The lowest BCUT2D eigenvalue weighted by Gasteiger charge is -2.25. The zero-order valence-corrected chi connectivity index (χ0v) is 22.5. The van der Waals surface area contributed by atoms with Crippen molar-refractivity contribution in [2.45, 2.75) is 50.0 Å². The van der Waals surface area contributed by atoms with Gasteiger partial charge in [-0.2, -0.15) is 0 Å². The molecule has 0 saturated carbocycles. The molecule has 5 rings (SSSR count). The first kappa shape index (κ1) is 26.1. The maximum Gasteiger partial charge on any atom is 0.224 e. The van der Waals surface area contributed by atoms with Gasteiger partial charge in [0.2, 0.25) is 5.88 Å². The molecule has 0 fully saturated rings. The summed E-state index contributed by atoms with van der Waals surface area (Å²) in [5, 5.41) is 8.05. The standard InChI is InChI=1S/C25H26ClN7O4S/c1-15(2)37-22(23-29-11-18(26)12-30-23)16(3)38(34,35)14-21-31-32-24-19-7-5-9-28-25(19)36-13-20(33(21)24)17-6-4-8-27-10-17/h4-12,15-16,20,22H,13-14H2,1-3H3/t16-,20+,22+/m0/s1. The van der Waals surface area contributed by atoms with Gasteiger partial charge in [-0.15, -0.1) is 10.2 Å². The van der Waals surface area contributed by atoms with Crippen molar-refractivity contribution in [3.8, 4) is 17.3 Å². The number of aromatic nitrogens is 7. The van der Waals surface area contributed by atoms with Gasteiger partial charge in [0.1, 0.15) is 24.3 Å². The second-order valence-electron chi connectivity index (χ2n) is 9.16. The van der Waals surface area contributed by atoms with E-state index in [1.165, 1.54) is 12.4 Å². The van der Waals surface area contributed by atoms with E-state index in [1.54, 1.807) is 36.1 Å². The van der Waals surface area contributed by atoms with Crippen LogP contribution in [-0.4, -0.2) is 61.1 Å². The van der Waals surface area contributed by atoms with Crippen LogP contribution in [0.4, 0.5) is 0 Å². The Labute approximate surface area is 225 Å². The molecule has 0 amide bonds. The Balaban J connectivity index is 1.55. The lowest BCUT2D eigenvalue weighted by molar-refractivity contribution is 0.00142. The van der Waals surface area contributed by atoms with Crippen molar-refractivity contribution in [3.63, 3.8) is 0 Å². The van der Waals surface area contributed by atoms with Gasteiger partial charge in [-0.3, -0.25) is 9.55 Å². The Kier molecular flexibility index (Phi) is 7.37. The zero-order chi connectivity index (χ0) is 26.9. The van der Waals surface area contributed by atoms with Crippen molar-refractivity contribution in [2.75, 3.05) is 6.61 Å². The zero-order valence-electron chi connectivity index (χ0n) is 21.0. The molecule has 38 heavy (non-hydrogen) atoms. The van der Waals surface area contributed by atoms with Crippen LogP contribution in [0, 0.1) is 0 Å². The van der Waals surface area contributed by atoms with Gasteiger partial charge in [0.05, 0.1) is 28.0 Å². The molecule has 0 unspecified atom stereocenters. The summed E-state index contributed by atoms with van der Waals surface area (Å²) in [7, 11) is -3.85. The van der Waals surface area contributed by atoms with E-state index in [0.29, 0.717) is 22.3 Å². The second-order valence-corrected chi connectivity index (χ2v) is 12.0. The van der Waals surface area contributed by atoms with E-state index in [2.05, 4.69) is 30.1 Å². The Morgan fingerprint density at radius 3 is 2.55 bits per heavy atom. The highest BCUT2D eigenvalue weighted by atomic mass is 35.5. The molecule has 4 aromatic heterocycles. The monoisotopic (exact) mass is 555 g/mol. The van der Waals surface area contributed by atoms with Crippen LogP contribution in [-0.2, 0) is 20.3 Å². The third kappa shape index (κ3) is 5.24. The molecule has 3 atom stereocenters. The number of rotatable bonds is 8. The predicted molar refractivity (Wildman–Crippen MR) is 139 cm³/mol. The summed E-state index contributed by atoms with van der Waals surface area (Å²) in [4.78, 5) is 17.0. The minimum absolute atomic E-state index is 0.195. The van der Waals surface area contributed by atoms with E-state index < -0.39 is 27.2 Å². The Morgan fingerprint density at radius 2 is 1.84 bits per heavy atom. The highest BCUT2D eigenvalue weighted by Crippen LogP contribution is 2.36. The molecule has 0 bridgehead atoms. The summed E-state index contributed by atoms with van der Waals surface area (Å²) in [6.45, 7) is 5.43. The van der Waals surface area contributed by atoms with E-state index in [1.807, 2.05) is 32.0 Å². The van der Waals surface area contributed by atoms with Crippen LogP contribution >= 0.6 is 11.6 Å². The number of nitrogens with zero attached hydrogens (tertiary/aromatic N) is 7. The van der Waals surface area contributed by atoms with E-state index >= 15 is 0 Å². The van der Waals surface area contributed by atoms with Crippen LogP contribution in [0.5, 0.6) is 5.88 Å². The first-order chi connectivity index (χ1) is 18.2. The highest BCUT2D eigenvalue weighted by molar-refractivity contribution is 7.91. The number of hydrogen-bond acceptors (Lipinski definition) is 10. The first-order valence-corrected chi connectivity index (χ1v) is 14.1. The molecule has 0 aliphatic carbocycles. The van der Waals surface area contributed by atoms with Crippen molar-refractivity contribution >= 4 is 21.4 Å². The topological polar surface area (TPSA) is 135 Å². The highest BCUT2D eigenvalue weighted by Gasteiger charge is 2.37. The smallest absolute Gasteiger partial charge is 0.224 e. The molecule has 0 aromatic carbocycles. The number of sulfone groups is 1. The Morgan fingerprint density at radius 1 is 1.08 bits per heavy atom. The van der Waals surface area contributed by atoms with Crippen molar-refractivity contribution in [2.24, 2.45) is 0 Å². The van der Waals surface area contributed by atoms with Crippen LogP contribution in [0.15, 0.2) is 55.2 Å². The number of hydrogen-bond donors (Lipinski definition) is 0. The van der Waals surface area contributed by atoms with Gasteiger partial charge < -0.3 is 9.47 Å². The molecule has 198 valence electrons. The fourth-order valence-electron chi connectivity index (χ4n) is 4.30. The molecular formula is C25H26ClN7O4S. The van der Waals surface area contributed by atoms with Gasteiger partial charge in [-0.25, -0.2) is 23.4 Å². The minimum Gasteiger partial charge on any atom is -0.475 e. The number of ether oxygens (including phenoxy) is 2. The first-order valence-electron chi connectivity index (χ1n) is 12.0. The summed E-state index contributed by atoms with van der Waals surface area (Å²) >= 11 is 5.95. The average molecular weight is 556 g/mol. The number of halogens is 1. The van der Waals surface area contributed by atoms with Crippen molar-refractivity contribution in [3.05, 3.63) is 77.5 Å². The Hall–Kier alpha value is -3.48. The fraction of sp³-hybridized carbons (Fsp3) is 0.360. The van der Waals surface area contributed by atoms with Gasteiger partial charge >= 0.3 is 0 Å². The molecule has 4 aromatic rings. The lowest BCUT2D eigenvalue weighted by atomic mass is 10.1. The minimum atomic E-state index is -3.85. The lowest BCUT2D eigenvalue weighted by Crippen LogP contribution is -2.32. The van der Waals surface area contributed by atoms with Crippen LogP contribution in [0.25, 0.3) is 11.4 Å². The van der Waals surface area contributed by atoms with Crippen LogP contribution in [0.2, 0.25) is 5.02 Å². The van der Waals surface area contributed by atoms with Crippen molar-refractivity contribution in [1.82, 2.24) is 34.7 Å². The fourth-order valence-corrected chi connectivity index (χ4v) is 5.78. The van der Waals surface area contributed by atoms with E-state index in [-0.39, 0.29) is 30.1 Å². The summed E-state index contributed by atoms with van der Waals surface area (Å²) in [6.07, 6.45) is 6.68. The van der Waals surface area contributed by atoms with Gasteiger partial charge in [-0.1, -0.05) is 17.7 Å². The molecule has 5 heterocycles. The molecule has 1 aliphatic rings. The molecule has 0 radical (unpaired) electrons. The average Bonchev–Trinajstić information content (AvgIpc) is 3.22. The maximum atomic E-state index is 13.8. The summed E-state index contributed by atoms with van der Waals surface area (Å²) < 4.78 is 41.4. The van der Waals surface area contributed by atoms with Gasteiger partial charge in [0, 0.05) is 31.0 Å². The van der Waals surface area contributed by atoms with Gasteiger partial charge in [-0.05, 0) is 44.5 Å². The van der Waals surface area contributed by atoms with E-state index in [4.69, 9.17) is 21.1 Å².